The van der Waals surface area contributed by atoms with Crippen LogP contribution in [0.1, 0.15) is 5.82 Å². The van der Waals surface area contributed by atoms with Crippen molar-refractivity contribution in [2.24, 2.45) is 0 Å². The summed E-state index contributed by atoms with van der Waals surface area (Å²) in [6.07, 6.45) is 1.71. The molecule has 0 aliphatic heterocycles. The van der Waals surface area contributed by atoms with Gasteiger partial charge in [-0.05, 0) is 0 Å². The average Bonchev–Trinajstić information content (AvgIpc) is 2.60. The van der Waals surface area contributed by atoms with E-state index in [9.17, 15) is 0 Å². The van der Waals surface area contributed by atoms with E-state index >= 15 is 0 Å². The van der Waals surface area contributed by atoms with Crippen molar-refractivity contribution in [3.8, 4) is 0 Å². The summed E-state index contributed by atoms with van der Waals surface area (Å²) in [5, 5.41) is 0.539. The molecule has 0 radical (unpaired) electrons. The highest BCUT2D eigenvalue weighted by atomic mass is 32.2. The largest absolute Gasteiger partial charge is 0.375 e. The smallest absolute Gasteiger partial charge is 0.225 e. The van der Waals surface area contributed by atoms with Gasteiger partial charge in [-0.25, -0.2) is 4.98 Å². The molecule has 0 unspecified atom stereocenters. The Kier molecular flexibility index (Phi) is 3.06. The van der Waals surface area contributed by atoms with Gasteiger partial charge in [-0.1, -0.05) is 11.3 Å². The molecule has 2 heterocycles. The molecular formula is C7H9N7S2. The normalized spacial score (nSPS) is 10.5. The van der Waals surface area contributed by atoms with Crippen LogP contribution in [0.4, 0.5) is 17.0 Å². The maximum Gasteiger partial charge on any atom is 0.225 e. The molecule has 7 nitrogen and oxygen atoms in total. The van der Waals surface area contributed by atoms with Gasteiger partial charge in [0.2, 0.25) is 11.9 Å². The summed E-state index contributed by atoms with van der Waals surface area (Å²) in [5.41, 5.74) is 16.4. The molecule has 2 aromatic rings. The van der Waals surface area contributed by atoms with Crippen LogP contribution in [0.3, 0.4) is 0 Å². The number of hydrogen-bond acceptors (Lipinski definition) is 9. The molecule has 0 spiro atoms. The molecule has 2 aromatic heterocycles. The fraction of sp³-hybridized carbons (Fsp3) is 0.143. The zero-order valence-corrected chi connectivity index (χ0v) is 9.75. The second-order valence-corrected chi connectivity index (χ2v) is 5.11. The summed E-state index contributed by atoms with van der Waals surface area (Å²) in [7, 11) is 0. The predicted molar refractivity (Wildman–Crippen MR) is 64.7 cm³/mol. The average molecular weight is 255 g/mol. The van der Waals surface area contributed by atoms with Crippen LogP contribution in [0.25, 0.3) is 0 Å². The Bertz CT molecular complexity index is 477. The van der Waals surface area contributed by atoms with Gasteiger partial charge in [0.15, 0.2) is 5.13 Å². The van der Waals surface area contributed by atoms with E-state index < -0.39 is 0 Å². The van der Waals surface area contributed by atoms with Gasteiger partial charge >= 0.3 is 0 Å². The Morgan fingerprint density at radius 3 is 2.38 bits per heavy atom. The molecule has 6 N–H and O–H groups in total. The van der Waals surface area contributed by atoms with E-state index in [0.717, 1.165) is 4.21 Å². The number of anilines is 3. The molecule has 0 aliphatic carbocycles. The highest BCUT2D eigenvalue weighted by molar-refractivity contribution is 8.00. The van der Waals surface area contributed by atoms with Crippen molar-refractivity contribution in [1.29, 1.82) is 0 Å². The zero-order valence-electron chi connectivity index (χ0n) is 8.12. The fourth-order valence-corrected chi connectivity index (χ4v) is 2.61. The minimum absolute atomic E-state index is 0.131. The van der Waals surface area contributed by atoms with Crippen molar-refractivity contribution in [2.45, 2.75) is 9.96 Å². The van der Waals surface area contributed by atoms with Crippen LogP contribution in [-0.4, -0.2) is 19.9 Å². The van der Waals surface area contributed by atoms with Gasteiger partial charge in [0.25, 0.3) is 0 Å². The number of nitrogen functional groups attached to an aromatic ring is 3. The third-order valence-corrected chi connectivity index (χ3v) is 3.58. The van der Waals surface area contributed by atoms with Crippen LogP contribution in [0.2, 0.25) is 0 Å². The van der Waals surface area contributed by atoms with Crippen molar-refractivity contribution in [3.05, 3.63) is 12.0 Å². The first-order valence-corrected chi connectivity index (χ1v) is 6.03. The Hall–Kier alpha value is -1.61. The second-order valence-electron chi connectivity index (χ2n) is 2.77. The number of aromatic nitrogens is 4. The molecule has 0 saturated heterocycles. The quantitative estimate of drug-likeness (QED) is 0.670. The number of thioether (sulfide) groups is 1. The Balaban J connectivity index is 2.04. The summed E-state index contributed by atoms with van der Waals surface area (Å²) < 4.78 is 0.995. The van der Waals surface area contributed by atoms with Crippen molar-refractivity contribution in [2.75, 3.05) is 17.2 Å². The van der Waals surface area contributed by atoms with Crippen molar-refractivity contribution < 1.29 is 0 Å². The number of thiazole rings is 1. The summed E-state index contributed by atoms with van der Waals surface area (Å²) in [4.78, 5) is 15.6. The zero-order chi connectivity index (χ0) is 11.5. The van der Waals surface area contributed by atoms with Crippen LogP contribution < -0.4 is 17.2 Å². The predicted octanol–water partition coefficient (Wildman–Crippen LogP) is 0.367. The SMILES string of the molecule is Nc1nc(N)nc(CSc2cnc(N)s2)n1. The lowest BCUT2D eigenvalue weighted by molar-refractivity contribution is 0.988. The number of nitrogens with two attached hydrogens (primary N) is 3. The first-order valence-electron chi connectivity index (χ1n) is 4.23. The minimum atomic E-state index is 0.131. The lowest BCUT2D eigenvalue weighted by Gasteiger charge is -2.00. The summed E-state index contributed by atoms with van der Waals surface area (Å²) in [5.74, 6) is 1.36. The van der Waals surface area contributed by atoms with E-state index in [2.05, 4.69) is 19.9 Å². The van der Waals surface area contributed by atoms with Crippen LogP contribution in [0.15, 0.2) is 10.4 Å². The Labute approximate surface area is 99.5 Å². The van der Waals surface area contributed by atoms with E-state index in [-0.39, 0.29) is 11.9 Å². The monoisotopic (exact) mass is 255 g/mol. The Morgan fingerprint density at radius 2 is 1.81 bits per heavy atom. The van der Waals surface area contributed by atoms with E-state index in [1.165, 1.54) is 23.1 Å². The van der Waals surface area contributed by atoms with Crippen LogP contribution >= 0.6 is 23.1 Å². The van der Waals surface area contributed by atoms with Gasteiger partial charge < -0.3 is 17.2 Å². The molecule has 0 fully saturated rings. The summed E-state index contributed by atoms with van der Waals surface area (Å²) in [6.45, 7) is 0. The molecule has 9 heteroatoms. The highest BCUT2D eigenvalue weighted by Crippen LogP contribution is 2.28. The third kappa shape index (κ3) is 2.70. The minimum Gasteiger partial charge on any atom is -0.375 e. The molecule has 0 saturated carbocycles. The van der Waals surface area contributed by atoms with Crippen LogP contribution in [0, 0.1) is 0 Å². The van der Waals surface area contributed by atoms with Gasteiger partial charge in [0.05, 0.1) is 16.2 Å². The molecule has 2 rings (SSSR count). The van der Waals surface area contributed by atoms with Gasteiger partial charge in [-0.3, -0.25) is 0 Å². The lowest BCUT2D eigenvalue weighted by Crippen LogP contribution is -2.05. The Morgan fingerprint density at radius 1 is 1.12 bits per heavy atom. The molecule has 0 aromatic carbocycles. The maximum absolute atomic E-state index is 5.51. The third-order valence-electron chi connectivity index (χ3n) is 1.56. The molecule has 84 valence electrons. The van der Waals surface area contributed by atoms with E-state index in [4.69, 9.17) is 17.2 Å². The molecular weight excluding hydrogens is 246 g/mol. The van der Waals surface area contributed by atoms with E-state index in [0.29, 0.717) is 16.7 Å². The molecule has 16 heavy (non-hydrogen) atoms. The van der Waals surface area contributed by atoms with Gasteiger partial charge in [0.1, 0.15) is 5.82 Å². The summed E-state index contributed by atoms with van der Waals surface area (Å²) >= 11 is 2.94. The lowest BCUT2D eigenvalue weighted by atomic mass is 10.7. The molecule has 0 atom stereocenters. The molecule has 0 amide bonds. The number of hydrogen-bond donors (Lipinski definition) is 3. The molecule has 0 aliphatic rings. The van der Waals surface area contributed by atoms with Crippen molar-refractivity contribution in [3.63, 3.8) is 0 Å². The van der Waals surface area contributed by atoms with Gasteiger partial charge in [0, 0.05) is 0 Å². The summed E-state index contributed by atoms with van der Waals surface area (Å²) in [6, 6.07) is 0. The van der Waals surface area contributed by atoms with Crippen molar-refractivity contribution >= 4 is 40.1 Å². The number of rotatable bonds is 3. The first kappa shape index (κ1) is 10.9. The fourth-order valence-electron chi connectivity index (χ4n) is 0.996. The van der Waals surface area contributed by atoms with Gasteiger partial charge in [-0.15, -0.1) is 11.8 Å². The van der Waals surface area contributed by atoms with Crippen molar-refractivity contribution in [1.82, 2.24) is 19.9 Å². The molecule has 0 bridgehead atoms. The first-order chi connectivity index (χ1) is 7.63. The highest BCUT2D eigenvalue weighted by Gasteiger charge is 2.04. The topological polar surface area (TPSA) is 130 Å². The second kappa shape index (κ2) is 4.49. The van der Waals surface area contributed by atoms with Crippen LogP contribution in [0.5, 0.6) is 0 Å². The van der Waals surface area contributed by atoms with Crippen LogP contribution in [-0.2, 0) is 5.75 Å². The standard InChI is InChI=1S/C7H9N7S2/c8-5-12-3(13-6(9)14-5)2-15-4-1-11-7(10)16-4/h1H,2H2,(H2,10,11)(H4,8,9,12,13,14). The number of nitrogens with zero attached hydrogens (tertiary/aromatic N) is 4. The van der Waals surface area contributed by atoms with E-state index in [1.54, 1.807) is 6.20 Å². The van der Waals surface area contributed by atoms with E-state index in [1.807, 2.05) is 0 Å². The van der Waals surface area contributed by atoms with Gasteiger partial charge in [-0.2, -0.15) is 15.0 Å². The maximum atomic E-state index is 5.51.